The molecule has 0 aliphatic carbocycles. The zero-order valence-corrected chi connectivity index (χ0v) is 24.0. The van der Waals surface area contributed by atoms with Crippen molar-refractivity contribution in [2.75, 3.05) is 23.8 Å². The van der Waals surface area contributed by atoms with Crippen molar-refractivity contribution in [3.8, 4) is 0 Å². The summed E-state index contributed by atoms with van der Waals surface area (Å²) in [6.45, 7) is -0.0868. The Morgan fingerprint density at radius 2 is 2.05 bits per heavy atom. The van der Waals surface area contributed by atoms with Crippen molar-refractivity contribution in [2.45, 2.75) is 50.6 Å². The van der Waals surface area contributed by atoms with Crippen LogP contribution in [0.25, 0.3) is 11.2 Å². The van der Waals surface area contributed by atoms with Gasteiger partial charge >= 0.3 is 6.72 Å². The zero-order valence-electron chi connectivity index (χ0n) is 19.8. The number of nitrogens with zero attached hydrogens (tertiary/aromatic N) is 3. The van der Waals surface area contributed by atoms with E-state index in [2.05, 4.69) is 34.0 Å². The largest absolute Gasteiger partial charge is 0.370 e. The SMILES string of the molecule is Cc1ccccc1CO[C@H]1CSSC[C@@H]1O[P@]1(=S)OC[C@H]2O[C@@H](n3cnc4c(=S)[nH]c(N)nc43)C[C@@H]2O1. The molecule has 0 saturated carbocycles. The molecule has 10 nitrogen and oxygen atoms in total. The highest BCUT2D eigenvalue weighted by Gasteiger charge is 2.47. The highest BCUT2D eigenvalue weighted by molar-refractivity contribution is 8.76. The number of hydrogen-bond acceptors (Lipinski definition) is 12. The molecular weight excluding hydrogens is 574 g/mol. The van der Waals surface area contributed by atoms with E-state index in [1.54, 1.807) is 27.9 Å². The van der Waals surface area contributed by atoms with Crippen LogP contribution >= 0.6 is 40.5 Å². The lowest BCUT2D eigenvalue weighted by Crippen LogP contribution is -2.40. The van der Waals surface area contributed by atoms with E-state index < -0.39 is 6.72 Å². The lowest BCUT2D eigenvalue weighted by Gasteiger charge is -2.38. The fourth-order valence-corrected chi connectivity index (χ4v) is 9.76. The summed E-state index contributed by atoms with van der Waals surface area (Å²) in [5.41, 5.74) is 9.37. The summed E-state index contributed by atoms with van der Waals surface area (Å²) in [4.78, 5) is 11.6. The van der Waals surface area contributed by atoms with Gasteiger partial charge in [-0.2, -0.15) is 4.98 Å². The minimum atomic E-state index is -2.99. The maximum Gasteiger partial charge on any atom is 0.328 e. The van der Waals surface area contributed by atoms with Gasteiger partial charge in [-0.1, -0.05) is 58.1 Å². The summed E-state index contributed by atoms with van der Waals surface area (Å²) < 4.78 is 33.5. The number of aryl methyl sites for hydroxylation is 1. The number of nitrogens with one attached hydrogen (secondary N) is 1. The molecule has 3 N–H and O–H groups in total. The predicted octanol–water partition coefficient (Wildman–Crippen LogP) is 4.67. The average Bonchev–Trinajstić information content (AvgIpc) is 3.48. The first kappa shape index (κ1) is 26.2. The van der Waals surface area contributed by atoms with E-state index in [-0.39, 0.29) is 36.6 Å². The molecule has 15 heteroatoms. The summed E-state index contributed by atoms with van der Waals surface area (Å²) >= 11 is 11.1. The Morgan fingerprint density at radius 3 is 2.89 bits per heavy atom. The molecule has 0 radical (unpaired) electrons. The van der Waals surface area contributed by atoms with E-state index >= 15 is 0 Å². The van der Waals surface area contributed by atoms with Crippen molar-refractivity contribution in [3.63, 3.8) is 0 Å². The van der Waals surface area contributed by atoms with Crippen LogP contribution < -0.4 is 5.73 Å². The number of anilines is 1. The summed E-state index contributed by atoms with van der Waals surface area (Å²) in [5.74, 6) is 1.77. The van der Waals surface area contributed by atoms with Crippen molar-refractivity contribution in [3.05, 3.63) is 46.4 Å². The molecule has 0 spiro atoms. The van der Waals surface area contributed by atoms with Crippen molar-refractivity contribution in [1.29, 1.82) is 0 Å². The number of imidazole rings is 1. The maximum atomic E-state index is 6.39. The van der Waals surface area contributed by atoms with E-state index in [4.69, 9.17) is 52.8 Å². The topological polar surface area (TPSA) is 119 Å². The average molecular weight is 600 g/mol. The van der Waals surface area contributed by atoms with Gasteiger partial charge in [-0.25, -0.2) is 4.98 Å². The van der Waals surface area contributed by atoms with Gasteiger partial charge in [0.15, 0.2) is 5.65 Å². The van der Waals surface area contributed by atoms with Gasteiger partial charge in [-0.15, -0.1) is 0 Å². The number of aromatic amines is 1. The van der Waals surface area contributed by atoms with Crippen molar-refractivity contribution >= 4 is 69.4 Å². The molecule has 2 aromatic heterocycles. The van der Waals surface area contributed by atoms with Crippen molar-refractivity contribution in [2.24, 2.45) is 0 Å². The number of H-pyrrole nitrogens is 1. The van der Waals surface area contributed by atoms with E-state index in [9.17, 15) is 0 Å². The van der Waals surface area contributed by atoms with E-state index in [1.165, 1.54) is 11.1 Å². The summed E-state index contributed by atoms with van der Waals surface area (Å²) in [7, 11) is 3.53. The fraction of sp³-hybridized carbons (Fsp3) is 0.500. The Balaban J connectivity index is 1.12. The molecule has 6 rings (SSSR count). The van der Waals surface area contributed by atoms with Crippen molar-refractivity contribution < 1.29 is 23.0 Å². The van der Waals surface area contributed by atoms with Gasteiger partial charge < -0.3 is 33.8 Å². The molecule has 3 fully saturated rings. The van der Waals surface area contributed by atoms with E-state index in [1.807, 2.05) is 16.7 Å². The van der Waals surface area contributed by atoms with Gasteiger partial charge in [0.05, 0.1) is 31.7 Å². The fourth-order valence-electron chi connectivity index (χ4n) is 4.54. The number of nitrogen functional groups attached to an aromatic ring is 1. The normalized spacial score (nSPS) is 32.0. The second-order valence-electron chi connectivity index (χ2n) is 9.02. The van der Waals surface area contributed by atoms with Crippen LogP contribution in [0.15, 0.2) is 30.6 Å². The van der Waals surface area contributed by atoms with Gasteiger partial charge in [0.1, 0.15) is 28.6 Å². The first-order chi connectivity index (χ1) is 17.9. The number of hydrogen-bond donors (Lipinski definition) is 2. The highest BCUT2D eigenvalue weighted by Crippen LogP contribution is 2.59. The maximum absolute atomic E-state index is 6.39. The zero-order chi connectivity index (χ0) is 25.6. The number of benzene rings is 1. The Bertz CT molecular complexity index is 1410. The lowest BCUT2D eigenvalue weighted by molar-refractivity contribution is -0.0736. The minimum Gasteiger partial charge on any atom is -0.370 e. The third-order valence-electron chi connectivity index (χ3n) is 6.54. The number of rotatable bonds is 6. The molecule has 6 atom stereocenters. The molecule has 198 valence electrons. The van der Waals surface area contributed by atoms with Crippen LogP contribution in [0.5, 0.6) is 0 Å². The first-order valence-electron chi connectivity index (χ1n) is 11.8. The van der Waals surface area contributed by atoms with Gasteiger partial charge in [0.2, 0.25) is 5.95 Å². The first-order valence-corrected chi connectivity index (χ1v) is 17.2. The Kier molecular flexibility index (Phi) is 7.67. The molecular formula is C22H26N5O5PS4. The molecule has 3 aliphatic rings. The highest BCUT2D eigenvalue weighted by atomic mass is 33.1. The molecule has 37 heavy (non-hydrogen) atoms. The number of aromatic nitrogens is 4. The van der Waals surface area contributed by atoms with Gasteiger partial charge in [-0.05, 0) is 29.9 Å². The third-order valence-corrected chi connectivity index (χ3v) is 11.6. The third kappa shape index (κ3) is 5.51. The van der Waals surface area contributed by atoms with Crippen molar-refractivity contribution in [1.82, 2.24) is 19.5 Å². The molecule has 3 aromatic rings. The van der Waals surface area contributed by atoms with Gasteiger partial charge in [0, 0.05) is 17.9 Å². The van der Waals surface area contributed by atoms with Crippen LogP contribution in [0.4, 0.5) is 5.95 Å². The molecule has 1 aromatic carbocycles. The summed E-state index contributed by atoms with van der Waals surface area (Å²) in [5, 5.41) is 0. The second-order valence-corrected chi connectivity index (χ2v) is 14.9. The summed E-state index contributed by atoms with van der Waals surface area (Å²) in [6.07, 6.45) is 0.973. The Hall–Kier alpha value is -1.06. The van der Waals surface area contributed by atoms with Crippen LogP contribution in [0.3, 0.4) is 0 Å². The molecule has 0 unspecified atom stereocenters. The predicted molar refractivity (Wildman–Crippen MR) is 150 cm³/mol. The molecule has 0 amide bonds. The number of fused-ring (bicyclic) bond motifs is 2. The van der Waals surface area contributed by atoms with E-state index in [0.717, 1.165) is 11.5 Å². The van der Waals surface area contributed by atoms with Gasteiger partial charge in [-0.3, -0.25) is 4.57 Å². The number of nitrogens with two attached hydrogens (primary N) is 1. The molecule has 3 saturated heterocycles. The van der Waals surface area contributed by atoms with E-state index in [0.29, 0.717) is 35.4 Å². The van der Waals surface area contributed by atoms with Crippen LogP contribution in [0.2, 0.25) is 0 Å². The molecule has 0 bridgehead atoms. The smallest absolute Gasteiger partial charge is 0.328 e. The monoisotopic (exact) mass is 599 g/mol. The lowest BCUT2D eigenvalue weighted by atomic mass is 10.1. The van der Waals surface area contributed by atoms with Gasteiger partial charge in [0.25, 0.3) is 0 Å². The Morgan fingerprint density at radius 1 is 1.24 bits per heavy atom. The standard InChI is InChI=1S/C22H26N5O5PS4/c1-12-4-2-3-5-13(12)7-28-16-9-36-37-10-17(16)32-33(35)29-8-15-14(31-33)6-18(30-15)27-11-24-19-20(27)25-22(23)26-21(19)34/h2-5,11,14-18H,6-10H2,1H3,(H3,23,25,26,34)/t14-,15+,16-,17-,18+,33-/m0/s1. The number of ether oxygens (including phenoxy) is 2. The molecule has 3 aliphatic heterocycles. The summed E-state index contributed by atoms with van der Waals surface area (Å²) in [6, 6.07) is 8.23. The second kappa shape index (κ2) is 10.8. The van der Waals surface area contributed by atoms with Crippen LogP contribution in [0.1, 0.15) is 23.8 Å². The Labute approximate surface area is 232 Å². The van der Waals surface area contributed by atoms with Crippen LogP contribution in [-0.4, -0.2) is 62.0 Å². The minimum absolute atomic E-state index is 0.110. The van der Waals surface area contributed by atoms with Crippen LogP contribution in [-0.2, 0) is 41.5 Å². The quantitative estimate of drug-likeness (QED) is 0.233. The molecule has 5 heterocycles. The van der Waals surface area contributed by atoms with Crippen LogP contribution in [0, 0.1) is 11.6 Å².